The second-order valence-electron chi connectivity index (χ2n) is 4.16. The Bertz CT molecular complexity index is 596. The fourth-order valence-corrected chi connectivity index (χ4v) is 2.25. The van der Waals surface area contributed by atoms with Crippen LogP contribution in [0, 0.1) is 6.92 Å². The van der Waals surface area contributed by atoms with Gasteiger partial charge in [-0.3, -0.25) is 4.79 Å². The summed E-state index contributed by atoms with van der Waals surface area (Å²) in [5.74, 6) is 1.14. The molecule has 1 aliphatic carbocycles. The molecule has 0 saturated carbocycles. The number of fused-ring (bicyclic) bond motifs is 3. The molecule has 0 radical (unpaired) electrons. The van der Waals surface area contributed by atoms with Gasteiger partial charge in [0.2, 0.25) is 0 Å². The van der Waals surface area contributed by atoms with E-state index in [2.05, 4.69) is 4.98 Å². The molecule has 0 bridgehead atoms. The lowest BCUT2D eigenvalue weighted by Crippen LogP contribution is -2.14. The molecule has 3 heteroatoms. The number of hydrogen-bond acceptors (Lipinski definition) is 2. The smallest absolute Gasteiger partial charge is 0.169 e. The highest BCUT2D eigenvalue weighted by molar-refractivity contribution is 6.06. The highest BCUT2D eigenvalue weighted by Crippen LogP contribution is 2.32. The summed E-state index contributed by atoms with van der Waals surface area (Å²) in [6, 6.07) is 7.70. The molecule has 1 heterocycles. The summed E-state index contributed by atoms with van der Waals surface area (Å²) in [5.41, 5.74) is 3.77. The number of benzene rings is 1. The largest absolute Gasteiger partial charge is 0.334 e. The van der Waals surface area contributed by atoms with Crippen molar-refractivity contribution in [2.24, 2.45) is 7.05 Å². The molecule has 1 aliphatic rings. The number of imidazole rings is 1. The first-order valence-corrected chi connectivity index (χ1v) is 5.33. The van der Waals surface area contributed by atoms with E-state index in [1.54, 1.807) is 0 Å². The average molecular weight is 212 g/mol. The third kappa shape index (κ3) is 1.08. The predicted molar refractivity (Wildman–Crippen MR) is 61.4 cm³/mol. The Hall–Kier alpha value is -1.90. The van der Waals surface area contributed by atoms with Gasteiger partial charge in [-0.2, -0.15) is 0 Å². The molecule has 0 saturated heterocycles. The Balaban J connectivity index is 2.36. The van der Waals surface area contributed by atoms with Crippen LogP contribution in [0.3, 0.4) is 0 Å². The van der Waals surface area contributed by atoms with Crippen molar-refractivity contribution in [1.82, 2.24) is 9.55 Å². The minimum absolute atomic E-state index is 0.186. The zero-order valence-corrected chi connectivity index (χ0v) is 9.32. The maximum Gasteiger partial charge on any atom is 0.169 e. The fourth-order valence-electron chi connectivity index (χ4n) is 2.25. The van der Waals surface area contributed by atoms with Crippen molar-refractivity contribution < 1.29 is 4.79 Å². The van der Waals surface area contributed by atoms with Crippen molar-refractivity contribution in [3.8, 4) is 11.3 Å². The Morgan fingerprint density at radius 1 is 1.25 bits per heavy atom. The number of hydrogen-bond donors (Lipinski definition) is 0. The summed E-state index contributed by atoms with van der Waals surface area (Å²) in [5, 5.41) is 0. The van der Waals surface area contributed by atoms with Gasteiger partial charge in [0.05, 0.1) is 17.8 Å². The van der Waals surface area contributed by atoms with Gasteiger partial charge in [-0.25, -0.2) is 4.98 Å². The lowest BCUT2D eigenvalue weighted by molar-refractivity contribution is 0.0990. The van der Waals surface area contributed by atoms with Crippen molar-refractivity contribution in [3.05, 3.63) is 41.3 Å². The molecule has 1 aromatic heterocycles. The number of rotatable bonds is 0. The van der Waals surface area contributed by atoms with E-state index in [0.717, 1.165) is 28.3 Å². The molecule has 3 rings (SSSR count). The number of aromatic nitrogens is 2. The maximum absolute atomic E-state index is 12.0. The van der Waals surface area contributed by atoms with Crippen LogP contribution in [0.4, 0.5) is 0 Å². The normalized spacial score (nSPS) is 13.5. The standard InChI is InChI=1S/C13H12N2O/c1-8-14-13-10-6-4-3-5-9(10)12(16)7-11(13)15(8)2/h3-6H,7H2,1-2H3. The third-order valence-electron chi connectivity index (χ3n) is 3.25. The third-order valence-corrected chi connectivity index (χ3v) is 3.25. The maximum atomic E-state index is 12.0. The minimum Gasteiger partial charge on any atom is -0.334 e. The van der Waals surface area contributed by atoms with E-state index in [1.807, 2.05) is 42.8 Å². The van der Waals surface area contributed by atoms with Crippen LogP contribution >= 0.6 is 0 Å². The van der Waals surface area contributed by atoms with Crippen molar-refractivity contribution in [2.75, 3.05) is 0 Å². The predicted octanol–water partition coefficient (Wildman–Crippen LogP) is 2.13. The van der Waals surface area contributed by atoms with Crippen LogP contribution in [0.1, 0.15) is 21.9 Å². The van der Waals surface area contributed by atoms with Crippen molar-refractivity contribution in [3.63, 3.8) is 0 Å². The number of ketones is 1. The molecular formula is C13H12N2O. The van der Waals surface area contributed by atoms with Crippen LogP contribution in [0.15, 0.2) is 24.3 Å². The second kappa shape index (κ2) is 3.04. The molecular weight excluding hydrogens is 200 g/mol. The summed E-state index contributed by atoms with van der Waals surface area (Å²) in [4.78, 5) is 16.5. The fraction of sp³-hybridized carbons (Fsp3) is 0.231. The Morgan fingerprint density at radius 3 is 2.69 bits per heavy atom. The number of Topliss-reactive ketones (excluding diaryl/α,β-unsaturated/α-hetero) is 1. The lowest BCUT2D eigenvalue weighted by Gasteiger charge is -2.15. The molecule has 0 fully saturated rings. The van der Waals surface area contributed by atoms with Crippen LogP contribution in [-0.4, -0.2) is 15.3 Å². The summed E-state index contributed by atoms with van der Waals surface area (Å²) in [6.45, 7) is 1.96. The van der Waals surface area contributed by atoms with Crippen LogP contribution in [0.25, 0.3) is 11.3 Å². The van der Waals surface area contributed by atoms with E-state index in [0.29, 0.717) is 6.42 Å². The molecule has 0 atom stereocenters. The molecule has 3 nitrogen and oxygen atoms in total. The molecule has 16 heavy (non-hydrogen) atoms. The summed E-state index contributed by atoms with van der Waals surface area (Å²) >= 11 is 0. The summed E-state index contributed by atoms with van der Waals surface area (Å²) in [6.07, 6.45) is 0.462. The molecule has 1 aromatic carbocycles. The number of carbonyl (C=O) groups is 1. The van der Waals surface area contributed by atoms with Gasteiger partial charge in [-0.1, -0.05) is 24.3 Å². The van der Waals surface area contributed by atoms with E-state index in [1.165, 1.54) is 0 Å². The lowest BCUT2D eigenvalue weighted by atomic mass is 9.91. The topological polar surface area (TPSA) is 34.9 Å². The molecule has 0 amide bonds. The summed E-state index contributed by atoms with van der Waals surface area (Å²) < 4.78 is 2.00. The average Bonchev–Trinajstić information content (AvgIpc) is 2.57. The Morgan fingerprint density at radius 2 is 1.94 bits per heavy atom. The number of aryl methyl sites for hydroxylation is 1. The van der Waals surface area contributed by atoms with Gasteiger partial charge in [-0.15, -0.1) is 0 Å². The SMILES string of the molecule is Cc1nc2c(n1C)CC(=O)c1ccccc1-2. The van der Waals surface area contributed by atoms with Crippen molar-refractivity contribution in [2.45, 2.75) is 13.3 Å². The van der Waals surface area contributed by atoms with Gasteiger partial charge in [0.1, 0.15) is 5.82 Å². The van der Waals surface area contributed by atoms with Crippen molar-refractivity contribution >= 4 is 5.78 Å². The Kier molecular flexibility index (Phi) is 1.78. The van der Waals surface area contributed by atoms with E-state index < -0.39 is 0 Å². The first kappa shape index (κ1) is 9.33. The van der Waals surface area contributed by atoms with Gasteiger partial charge in [0.15, 0.2) is 5.78 Å². The highest BCUT2D eigenvalue weighted by atomic mass is 16.1. The minimum atomic E-state index is 0.186. The van der Waals surface area contributed by atoms with Gasteiger partial charge in [-0.05, 0) is 6.92 Å². The summed E-state index contributed by atoms with van der Waals surface area (Å²) in [7, 11) is 1.96. The van der Waals surface area contributed by atoms with Gasteiger partial charge in [0, 0.05) is 18.2 Å². The molecule has 0 spiro atoms. The van der Waals surface area contributed by atoms with Crippen LogP contribution < -0.4 is 0 Å². The molecule has 0 aliphatic heterocycles. The molecule has 80 valence electrons. The zero-order valence-electron chi connectivity index (χ0n) is 9.32. The first-order valence-electron chi connectivity index (χ1n) is 5.33. The first-order chi connectivity index (χ1) is 7.68. The van der Waals surface area contributed by atoms with E-state index in [9.17, 15) is 4.79 Å². The number of nitrogens with zero attached hydrogens (tertiary/aromatic N) is 2. The monoisotopic (exact) mass is 212 g/mol. The molecule has 2 aromatic rings. The van der Waals surface area contributed by atoms with Crippen LogP contribution in [0.5, 0.6) is 0 Å². The van der Waals surface area contributed by atoms with E-state index in [-0.39, 0.29) is 5.78 Å². The van der Waals surface area contributed by atoms with Crippen LogP contribution in [-0.2, 0) is 13.5 Å². The van der Waals surface area contributed by atoms with Crippen molar-refractivity contribution in [1.29, 1.82) is 0 Å². The number of carbonyl (C=O) groups excluding carboxylic acids is 1. The van der Waals surface area contributed by atoms with Gasteiger partial charge < -0.3 is 4.57 Å². The molecule has 0 N–H and O–H groups in total. The van der Waals surface area contributed by atoms with Crippen LogP contribution in [0.2, 0.25) is 0 Å². The highest BCUT2D eigenvalue weighted by Gasteiger charge is 2.26. The van der Waals surface area contributed by atoms with E-state index in [4.69, 9.17) is 0 Å². The quantitative estimate of drug-likeness (QED) is 0.670. The van der Waals surface area contributed by atoms with E-state index >= 15 is 0 Å². The van der Waals surface area contributed by atoms with Gasteiger partial charge >= 0.3 is 0 Å². The molecule has 0 unspecified atom stereocenters. The second-order valence-corrected chi connectivity index (χ2v) is 4.16. The Labute approximate surface area is 93.7 Å². The zero-order chi connectivity index (χ0) is 11.3. The van der Waals surface area contributed by atoms with Gasteiger partial charge in [0.25, 0.3) is 0 Å².